The van der Waals surface area contributed by atoms with Gasteiger partial charge in [-0.3, -0.25) is 10.2 Å². The second-order valence-corrected chi connectivity index (χ2v) is 3.94. The summed E-state index contributed by atoms with van der Waals surface area (Å²) in [6.45, 7) is 0.266. The maximum Gasteiger partial charge on any atom is 0.233 e. The maximum atomic E-state index is 10.7. The summed E-state index contributed by atoms with van der Waals surface area (Å²) < 4.78 is 0. The number of rotatable bonds is 8. The van der Waals surface area contributed by atoms with Crippen LogP contribution in [0.3, 0.4) is 0 Å². The molecule has 4 nitrogen and oxygen atoms in total. The fraction of sp³-hybridized carbons (Fsp3) is 0.875. The zero-order chi connectivity index (χ0) is 9.94. The lowest BCUT2D eigenvalue weighted by Crippen LogP contribution is -2.29. The van der Waals surface area contributed by atoms with Gasteiger partial charge in [0.1, 0.15) is 0 Å². The van der Waals surface area contributed by atoms with Crippen molar-refractivity contribution < 1.29 is 9.90 Å². The SMILES string of the molecule is NNC(=O)CCCCSCCCO. The van der Waals surface area contributed by atoms with Crippen molar-refractivity contribution in [1.29, 1.82) is 0 Å². The van der Waals surface area contributed by atoms with Crippen LogP contribution in [0.4, 0.5) is 0 Å². The molecule has 0 aromatic heterocycles. The highest BCUT2D eigenvalue weighted by atomic mass is 32.2. The first-order valence-electron chi connectivity index (χ1n) is 4.49. The van der Waals surface area contributed by atoms with Crippen LogP contribution in [0, 0.1) is 0 Å². The molecule has 0 fully saturated rings. The Morgan fingerprint density at radius 3 is 2.62 bits per heavy atom. The van der Waals surface area contributed by atoms with Gasteiger partial charge in [-0.2, -0.15) is 11.8 Å². The lowest BCUT2D eigenvalue weighted by Gasteiger charge is -2.00. The van der Waals surface area contributed by atoms with E-state index in [0.717, 1.165) is 30.8 Å². The molecule has 78 valence electrons. The van der Waals surface area contributed by atoms with Gasteiger partial charge in [0, 0.05) is 13.0 Å². The molecule has 13 heavy (non-hydrogen) atoms. The molecule has 0 bridgehead atoms. The first kappa shape index (κ1) is 12.7. The fourth-order valence-corrected chi connectivity index (χ4v) is 1.78. The van der Waals surface area contributed by atoms with Crippen LogP contribution in [0.2, 0.25) is 0 Å². The molecule has 4 N–H and O–H groups in total. The van der Waals surface area contributed by atoms with Crippen molar-refractivity contribution >= 4 is 17.7 Å². The second-order valence-electron chi connectivity index (χ2n) is 2.71. The molecule has 0 saturated heterocycles. The maximum absolute atomic E-state index is 10.7. The molecule has 0 rings (SSSR count). The number of unbranched alkanes of at least 4 members (excludes halogenated alkanes) is 1. The van der Waals surface area contributed by atoms with Crippen LogP contribution < -0.4 is 11.3 Å². The third-order valence-electron chi connectivity index (χ3n) is 1.55. The number of thioether (sulfide) groups is 1. The Morgan fingerprint density at radius 1 is 1.31 bits per heavy atom. The van der Waals surface area contributed by atoms with Crippen molar-refractivity contribution in [2.45, 2.75) is 25.7 Å². The highest BCUT2D eigenvalue weighted by Crippen LogP contribution is 2.07. The Labute approximate surface area is 83.2 Å². The summed E-state index contributed by atoms with van der Waals surface area (Å²) in [5.74, 6) is 6.88. The first-order chi connectivity index (χ1) is 6.31. The largest absolute Gasteiger partial charge is 0.396 e. The lowest BCUT2D eigenvalue weighted by atomic mass is 10.2. The van der Waals surface area contributed by atoms with Crippen molar-refractivity contribution in [2.24, 2.45) is 5.84 Å². The van der Waals surface area contributed by atoms with E-state index in [9.17, 15) is 4.79 Å². The summed E-state index contributed by atoms with van der Waals surface area (Å²) in [5, 5.41) is 8.49. The zero-order valence-corrected chi connectivity index (χ0v) is 8.61. The molecule has 0 saturated carbocycles. The Morgan fingerprint density at radius 2 is 2.00 bits per heavy atom. The Kier molecular flexibility index (Phi) is 9.63. The smallest absolute Gasteiger partial charge is 0.233 e. The van der Waals surface area contributed by atoms with E-state index < -0.39 is 0 Å². The van der Waals surface area contributed by atoms with E-state index in [-0.39, 0.29) is 12.5 Å². The van der Waals surface area contributed by atoms with Crippen molar-refractivity contribution in [3.8, 4) is 0 Å². The van der Waals surface area contributed by atoms with E-state index in [4.69, 9.17) is 10.9 Å². The van der Waals surface area contributed by atoms with Crippen molar-refractivity contribution in [1.82, 2.24) is 5.43 Å². The van der Waals surface area contributed by atoms with Gasteiger partial charge >= 0.3 is 0 Å². The zero-order valence-electron chi connectivity index (χ0n) is 7.79. The molecule has 0 aliphatic rings. The topological polar surface area (TPSA) is 75.3 Å². The first-order valence-corrected chi connectivity index (χ1v) is 5.64. The van der Waals surface area contributed by atoms with Gasteiger partial charge in [0.15, 0.2) is 0 Å². The quantitative estimate of drug-likeness (QED) is 0.230. The van der Waals surface area contributed by atoms with Gasteiger partial charge in [0.25, 0.3) is 0 Å². The average Bonchev–Trinajstić information content (AvgIpc) is 2.16. The number of aliphatic hydroxyl groups is 1. The molecule has 0 aromatic carbocycles. The minimum absolute atomic E-state index is 0.0969. The van der Waals surface area contributed by atoms with E-state index in [1.54, 1.807) is 0 Å². The molecule has 0 radical (unpaired) electrons. The summed E-state index contributed by atoms with van der Waals surface area (Å²) in [5.41, 5.74) is 2.10. The highest BCUT2D eigenvalue weighted by molar-refractivity contribution is 7.99. The predicted octanol–water partition coefficient (Wildman–Crippen LogP) is 0.262. The number of aliphatic hydroxyl groups excluding tert-OH is 1. The summed E-state index contributed by atoms with van der Waals surface area (Å²) in [4.78, 5) is 10.7. The van der Waals surface area contributed by atoms with Crippen LogP contribution >= 0.6 is 11.8 Å². The van der Waals surface area contributed by atoms with Crippen molar-refractivity contribution in [3.05, 3.63) is 0 Å². The van der Waals surface area contributed by atoms with Crippen molar-refractivity contribution in [2.75, 3.05) is 18.1 Å². The molecule has 1 amide bonds. The van der Waals surface area contributed by atoms with E-state index in [2.05, 4.69) is 5.43 Å². The standard InChI is InChI=1S/C8H18N2O2S/c9-10-8(12)4-1-2-6-13-7-3-5-11/h11H,1-7,9H2,(H,10,12). The van der Waals surface area contributed by atoms with Crippen LogP contribution in [0.25, 0.3) is 0 Å². The van der Waals surface area contributed by atoms with E-state index in [1.807, 2.05) is 11.8 Å². The molecule has 0 spiro atoms. The summed E-state index contributed by atoms with van der Waals surface area (Å²) in [6.07, 6.45) is 3.28. The normalized spacial score (nSPS) is 10.0. The summed E-state index contributed by atoms with van der Waals surface area (Å²) >= 11 is 1.81. The minimum Gasteiger partial charge on any atom is -0.396 e. The van der Waals surface area contributed by atoms with Crippen LogP contribution in [0.5, 0.6) is 0 Å². The molecule has 0 heterocycles. The number of carbonyl (C=O) groups excluding carboxylic acids is 1. The number of hydrogen-bond acceptors (Lipinski definition) is 4. The van der Waals surface area contributed by atoms with Gasteiger partial charge in [-0.1, -0.05) is 0 Å². The Bertz CT molecular complexity index is 133. The van der Waals surface area contributed by atoms with E-state index in [1.165, 1.54) is 0 Å². The van der Waals surface area contributed by atoms with E-state index >= 15 is 0 Å². The summed E-state index contributed by atoms with van der Waals surface area (Å²) in [6, 6.07) is 0. The average molecular weight is 206 g/mol. The number of hydrazine groups is 1. The minimum atomic E-state index is -0.0969. The number of carbonyl (C=O) groups is 1. The van der Waals surface area contributed by atoms with Gasteiger partial charge in [0.2, 0.25) is 5.91 Å². The van der Waals surface area contributed by atoms with Gasteiger partial charge in [-0.05, 0) is 30.8 Å². The molecule has 0 aliphatic carbocycles. The van der Waals surface area contributed by atoms with Gasteiger partial charge in [-0.15, -0.1) is 0 Å². The molecular weight excluding hydrogens is 188 g/mol. The highest BCUT2D eigenvalue weighted by Gasteiger charge is 1.97. The molecular formula is C8H18N2O2S. The van der Waals surface area contributed by atoms with Gasteiger partial charge in [0.05, 0.1) is 0 Å². The molecule has 0 aromatic rings. The number of amides is 1. The van der Waals surface area contributed by atoms with Gasteiger partial charge in [-0.25, -0.2) is 5.84 Å². The van der Waals surface area contributed by atoms with Gasteiger partial charge < -0.3 is 5.11 Å². The Balaban J connectivity index is 2.95. The molecule has 0 unspecified atom stereocenters. The molecule has 0 atom stereocenters. The van der Waals surface area contributed by atoms with Crippen LogP contribution in [0.15, 0.2) is 0 Å². The summed E-state index contributed by atoms with van der Waals surface area (Å²) in [7, 11) is 0. The number of hydrogen-bond donors (Lipinski definition) is 3. The number of nitrogens with one attached hydrogen (secondary N) is 1. The molecule has 5 heteroatoms. The third kappa shape index (κ3) is 9.66. The number of nitrogens with two attached hydrogens (primary N) is 1. The Hall–Kier alpha value is -0.260. The van der Waals surface area contributed by atoms with Crippen LogP contribution in [-0.4, -0.2) is 29.1 Å². The fourth-order valence-electron chi connectivity index (χ4n) is 0.831. The monoisotopic (exact) mass is 206 g/mol. The predicted molar refractivity (Wildman–Crippen MR) is 55.2 cm³/mol. The van der Waals surface area contributed by atoms with E-state index in [0.29, 0.717) is 6.42 Å². The second kappa shape index (κ2) is 9.83. The van der Waals surface area contributed by atoms with Crippen LogP contribution in [-0.2, 0) is 4.79 Å². The third-order valence-corrected chi connectivity index (χ3v) is 2.70. The van der Waals surface area contributed by atoms with Crippen LogP contribution in [0.1, 0.15) is 25.7 Å². The van der Waals surface area contributed by atoms with Crippen molar-refractivity contribution in [3.63, 3.8) is 0 Å². The lowest BCUT2D eigenvalue weighted by molar-refractivity contribution is -0.121. The molecule has 0 aliphatic heterocycles.